The maximum Gasteiger partial charge on any atom is 0.333 e. The lowest BCUT2D eigenvalue weighted by Crippen LogP contribution is -2.44. The van der Waals surface area contributed by atoms with Crippen LogP contribution in [0.5, 0.6) is 17.2 Å². The monoisotopic (exact) mass is 1260 g/mol. The Morgan fingerprint density at radius 3 is 1.08 bits per heavy atom. The first-order chi connectivity index (χ1) is 42.8. The number of anilines is 1. The molecular formula is C73H101N3O15. The zero-order valence-corrected chi connectivity index (χ0v) is 56.2. The fourth-order valence-electron chi connectivity index (χ4n) is 9.96. The van der Waals surface area contributed by atoms with Crippen LogP contribution in [0.4, 0.5) is 5.69 Å². The Morgan fingerprint density at radius 1 is 0.440 bits per heavy atom. The molecule has 0 heterocycles. The summed E-state index contributed by atoms with van der Waals surface area (Å²) in [4.78, 5) is 71.0. The second kappa shape index (κ2) is 36.3. The molecule has 6 rings (SSSR count). The van der Waals surface area contributed by atoms with Crippen molar-refractivity contribution >= 4 is 41.3 Å². The van der Waals surface area contributed by atoms with E-state index < -0.39 is 54.5 Å². The van der Waals surface area contributed by atoms with E-state index in [1.807, 2.05) is 48.5 Å². The number of carboxylic acid groups (broad SMARTS) is 3. The first-order valence-electron chi connectivity index (χ1n) is 31.7. The predicted octanol–water partition coefficient (Wildman–Crippen LogP) is 12.7. The Hall–Kier alpha value is -7.80. The molecule has 0 radical (unpaired) electrons. The second-order valence-electron chi connectivity index (χ2n) is 26.1. The SMILES string of the molecule is CCOC(Cc1ccc(OC(C)C(=O)NC2CCC(C(C)(C)C)CC2)cc1)C(=O)O.CCOC(Cc1ccc(OC(C)C(=O)Nc2ccc(C(C)(C)C)cc2)cc1)C(=O)O.CCO[C@@H](Cc1ccc(O[C@H](C)C(=O)NCc2ccc(C(C)(C)C)cc2)cc1)C(=O)O. The summed E-state index contributed by atoms with van der Waals surface area (Å²) < 4.78 is 32.9. The number of rotatable bonds is 28. The summed E-state index contributed by atoms with van der Waals surface area (Å²) >= 11 is 0. The van der Waals surface area contributed by atoms with Crippen molar-refractivity contribution in [1.82, 2.24) is 10.6 Å². The van der Waals surface area contributed by atoms with Crippen LogP contribution in [0.1, 0.15) is 163 Å². The van der Waals surface area contributed by atoms with E-state index in [-0.39, 0.29) is 53.9 Å². The molecule has 4 unspecified atom stereocenters. The number of ether oxygens (including phenoxy) is 6. The molecule has 5 aromatic rings. The van der Waals surface area contributed by atoms with Gasteiger partial charge in [0.25, 0.3) is 17.7 Å². The Kier molecular flexibility index (Phi) is 30.2. The number of nitrogens with one attached hydrogen (secondary N) is 3. The van der Waals surface area contributed by atoms with Crippen molar-refractivity contribution in [2.45, 2.75) is 209 Å². The minimum Gasteiger partial charge on any atom is -0.481 e. The van der Waals surface area contributed by atoms with Gasteiger partial charge in [0, 0.05) is 57.4 Å². The molecule has 18 heteroatoms. The van der Waals surface area contributed by atoms with E-state index in [0.29, 0.717) is 54.9 Å². The zero-order chi connectivity index (χ0) is 67.6. The van der Waals surface area contributed by atoms with Crippen molar-refractivity contribution in [3.63, 3.8) is 0 Å². The molecule has 0 aromatic heterocycles. The van der Waals surface area contributed by atoms with Crippen molar-refractivity contribution in [3.05, 3.63) is 155 Å². The van der Waals surface area contributed by atoms with Gasteiger partial charge in [0.2, 0.25) is 0 Å². The molecule has 1 aliphatic carbocycles. The van der Waals surface area contributed by atoms with Gasteiger partial charge in [0.05, 0.1) is 0 Å². The van der Waals surface area contributed by atoms with Gasteiger partial charge in [-0.25, -0.2) is 14.4 Å². The van der Waals surface area contributed by atoms with Gasteiger partial charge in [-0.15, -0.1) is 0 Å². The van der Waals surface area contributed by atoms with Gasteiger partial charge in [-0.2, -0.15) is 0 Å². The molecule has 0 saturated heterocycles. The molecule has 1 saturated carbocycles. The summed E-state index contributed by atoms with van der Waals surface area (Å²) in [6, 6.07) is 37.4. The van der Waals surface area contributed by atoms with Gasteiger partial charge < -0.3 is 59.7 Å². The predicted molar refractivity (Wildman–Crippen MR) is 354 cm³/mol. The number of hydrogen-bond donors (Lipinski definition) is 6. The molecule has 3 amide bonds. The number of hydrogen-bond acceptors (Lipinski definition) is 12. The van der Waals surface area contributed by atoms with Crippen molar-refractivity contribution in [2.24, 2.45) is 11.3 Å². The van der Waals surface area contributed by atoms with E-state index in [9.17, 15) is 44.1 Å². The molecule has 5 aromatic carbocycles. The highest BCUT2D eigenvalue weighted by Gasteiger charge is 2.31. The molecule has 0 aliphatic heterocycles. The largest absolute Gasteiger partial charge is 0.481 e. The maximum atomic E-state index is 12.5. The number of carbonyl (C=O) groups excluding carboxylic acids is 3. The molecule has 6 N–H and O–H groups in total. The van der Waals surface area contributed by atoms with Crippen LogP contribution in [0, 0.1) is 11.3 Å². The average Bonchev–Trinajstić information content (AvgIpc) is 1.50. The summed E-state index contributed by atoms with van der Waals surface area (Å²) in [5, 5.41) is 36.4. The van der Waals surface area contributed by atoms with Gasteiger partial charge in [0.1, 0.15) is 17.2 Å². The van der Waals surface area contributed by atoms with Crippen LogP contribution >= 0.6 is 0 Å². The zero-order valence-electron chi connectivity index (χ0n) is 56.2. The molecule has 18 nitrogen and oxygen atoms in total. The van der Waals surface area contributed by atoms with Crippen LogP contribution in [0.25, 0.3) is 0 Å². The van der Waals surface area contributed by atoms with Crippen molar-refractivity contribution in [2.75, 3.05) is 25.1 Å². The van der Waals surface area contributed by atoms with E-state index in [0.717, 1.165) is 53.6 Å². The smallest absolute Gasteiger partial charge is 0.333 e. The standard InChI is InChI=1S/C25H33NO5.C24H37NO5.C24H31NO5/c1-6-30-22(24(28)29)15-18-9-13-21(14-10-18)31-17(2)23(27)26-16-19-7-11-20(12-8-19)25(3,4)5;2*1-6-29-21(23(27)28)15-17-7-13-20(14-8-17)30-16(2)22(26)25-19-11-9-18(10-12-19)24(3,4)5/h7-14,17,22H,6,15-16H2,1-5H3,(H,26,27)(H,28,29);7-8,13-14,16,18-19,21H,6,9-12,15H2,1-5H3,(H,25,26)(H,27,28);7-14,16,21H,6,15H2,1-5H3,(H,25,26)(H,27,28)/t17-,22+;;/m1../s1. The third-order valence-electron chi connectivity index (χ3n) is 15.6. The average molecular weight is 1260 g/mol. The van der Waals surface area contributed by atoms with E-state index in [1.165, 1.54) is 11.1 Å². The third-order valence-corrected chi connectivity index (χ3v) is 15.6. The Bertz CT molecular complexity index is 3030. The van der Waals surface area contributed by atoms with Gasteiger partial charge in [0.15, 0.2) is 36.6 Å². The van der Waals surface area contributed by atoms with Crippen molar-refractivity contribution in [1.29, 1.82) is 0 Å². The molecule has 498 valence electrons. The lowest BCUT2D eigenvalue weighted by atomic mass is 9.71. The highest BCUT2D eigenvalue weighted by atomic mass is 16.5. The minimum atomic E-state index is -0.988. The summed E-state index contributed by atoms with van der Waals surface area (Å²) in [7, 11) is 0. The lowest BCUT2D eigenvalue weighted by Gasteiger charge is -2.37. The van der Waals surface area contributed by atoms with E-state index >= 15 is 0 Å². The summed E-state index contributed by atoms with van der Waals surface area (Å²) in [6.45, 7) is 31.7. The Morgan fingerprint density at radius 2 is 0.758 bits per heavy atom. The molecule has 91 heavy (non-hydrogen) atoms. The van der Waals surface area contributed by atoms with E-state index in [1.54, 1.807) is 102 Å². The van der Waals surface area contributed by atoms with Gasteiger partial charge in [-0.3, -0.25) is 14.4 Å². The van der Waals surface area contributed by atoms with Crippen LogP contribution < -0.4 is 30.2 Å². The van der Waals surface area contributed by atoms with Gasteiger partial charge in [-0.05, 0) is 171 Å². The quantitative estimate of drug-likeness (QED) is 0.0272. The van der Waals surface area contributed by atoms with Crippen molar-refractivity contribution < 1.29 is 72.5 Å². The van der Waals surface area contributed by atoms with E-state index in [4.69, 9.17) is 28.4 Å². The minimum absolute atomic E-state index is 0.0538. The first-order valence-corrected chi connectivity index (χ1v) is 31.7. The number of aliphatic carboxylic acids is 3. The molecular weight excluding hydrogens is 1160 g/mol. The fourth-order valence-corrected chi connectivity index (χ4v) is 9.96. The van der Waals surface area contributed by atoms with Crippen LogP contribution in [0.2, 0.25) is 0 Å². The highest BCUT2D eigenvalue weighted by Crippen LogP contribution is 2.38. The van der Waals surface area contributed by atoms with Gasteiger partial charge in [-0.1, -0.05) is 135 Å². The van der Waals surface area contributed by atoms with Crippen molar-refractivity contribution in [3.8, 4) is 17.2 Å². The maximum absolute atomic E-state index is 12.5. The fraction of sp³-hybridized carbons (Fsp3) is 0.507. The second-order valence-corrected chi connectivity index (χ2v) is 26.1. The molecule has 1 fully saturated rings. The number of amides is 3. The first kappa shape index (κ1) is 75.7. The number of carbonyl (C=O) groups is 6. The molecule has 6 atom stereocenters. The molecule has 0 bridgehead atoms. The summed E-state index contributed by atoms with van der Waals surface area (Å²) in [6.07, 6.45) is 0.590. The topological polar surface area (TPSA) is 255 Å². The third kappa shape index (κ3) is 26.9. The summed E-state index contributed by atoms with van der Waals surface area (Å²) in [5.41, 5.74) is 7.15. The highest BCUT2D eigenvalue weighted by molar-refractivity contribution is 5.94. The van der Waals surface area contributed by atoms with Crippen LogP contribution in [-0.4, -0.2) is 113 Å². The molecule has 1 aliphatic rings. The normalized spacial score (nSPS) is 16.0. The number of carboxylic acids is 3. The lowest BCUT2D eigenvalue weighted by molar-refractivity contribution is -0.150. The van der Waals surface area contributed by atoms with Gasteiger partial charge >= 0.3 is 17.9 Å². The van der Waals surface area contributed by atoms with Crippen LogP contribution in [0.3, 0.4) is 0 Å². The summed E-state index contributed by atoms with van der Waals surface area (Å²) in [5.74, 6) is -1.12. The van der Waals surface area contributed by atoms with Crippen LogP contribution in [-0.2, 0) is 79.6 Å². The molecule has 0 spiro atoms. The Balaban J connectivity index is 0.000000291. The number of benzene rings is 5. The van der Waals surface area contributed by atoms with E-state index in [2.05, 4.69) is 90.4 Å². The Labute approximate surface area is 539 Å². The van der Waals surface area contributed by atoms with Crippen LogP contribution in [0.15, 0.2) is 121 Å².